The quantitative estimate of drug-likeness (QED) is 0.550. The molecule has 0 spiro atoms. The Morgan fingerprint density at radius 3 is 2.68 bits per heavy atom. The van der Waals surface area contributed by atoms with E-state index in [4.69, 9.17) is 5.10 Å². The number of nitrogens with zero attached hydrogens (tertiary/aromatic N) is 6. The molecule has 5 rings (SSSR count). The zero-order valence-corrected chi connectivity index (χ0v) is 16.3. The molecule has 0 amide bonds. The molecule has 28 heavy (non-hydrogen) atoms. The summed E-state index contributed by atoms with van der Waals surface area (Å²) in [6, 6.07) is 12.5. The number of hydrogen-bond acceptors (Lipinski definition) is 3. The summed E-state index contributed by atoms with van der Waals surface area (Å²) < 4.78 is 6.20. The van der Waals surface area contributed by atoms with E-state index < -0.39 is 0 Å². The van der Waals surface area contributed by atoms with E-state index in [0.29, 0.717) is 0 Å². The van der Waals surface area contributed by atoms with Crippen molar-refractivity contribution in [1.82, 2.24) is 29.0 Å². The fraction of sp³-hybridized carbons (Fsp3) is 0.273. The molecule has 0 radical (unpaired) electrons. The number of benzene rings is 1. The molecule has 0 bridgehead atoms. The molecule has 0 atom stereocenters. The maximum atomic E-state index is 4.95. The van der Waals surface area contributed by atoms with E-state index in [0.717, 1.165) is 37.6 Å². The van der Waals surface area contributed by atoms with Crippen molar-refractivity contribution in [3.63, 3.8) is 0 Å². The van der Waals surface area contributed by atoms with Crippen molar-refractivity contribution >= 4 is 0 Å². The van der Waals surface area contributed by atoms with Crippen LogP contribution in [0.15, 0.2) is 61.2 Å². The van der Waals surface area contributed by atoms with Gasteiger partial charge < -0.3 is 4.57 Å². The molecule has 6 heteroatoms. The van der Waals surface area contributed by atoms with E-state index in [2.05, 4.69) is 65.3 Å². The van der Waals surface area contributed by atoms with Gasteiger partial charge in [-0.1, -0.05) is 18.2 Å². The molecule has 0 N–H and O–H groups in total. The van der Waals surface area contributed by atoms with Crippen LogP contribution in [0.1, 0.15) is 23.7 Å². The topological polar surface area (TPSA) is 43.8 Å². The predicted molar refractivity (Wildman–Crippen MR) is 109 cm³/mol. The lowest BCUT2D eigenvalue weighted by molar-refractivity contribution is 0.245. The number of aromatic nitrogens is 5. The third-order valence-corrected chi connectivity index (χ3v) is 5.45. The summed E-state index contributed by atoms with van der Waals surface area (Å²) in [6.45, 7) is 5.66. The van der Waals surface area contributed by atoms with Crippen molar-refractivity contribution in [3.05, 3.63) is 78.0 Å². The van der Waals surface area contributed by atoms with Crippen LogP contribution < -0.4 is 0 Å². The Morgan fingerprint density at radius 2 is 1.89 bits per heavy atom. The summed E-state index contributed by atoms with van der Waals surface area (Å²) in [7, 11) is 2.12. The summed E-state index contributed by atoms with van der Waals surface area (Å²) in [5.41, 5.74) is 7.22. The number of hydrogen-bond donors (Lipinski definition) is 0. The predicted octanol–water partition coefficient (Wildman–Crippen LogP) is 3.61. The van der Waals surface area contributed by atoms with Crippen LogP contribution in [0.2, 0.25) is 0 Å². The number of rotatable bonds is 4. The van der Waals surface area contributed by atoms with Crippen LogP contribution in [-0.2, 0) is 33.2 Å². The van der Waals surface area contributed by atoms with Crippen molar-refractivity contribution in [2.75, 3.05) is 0 Å². The first-order valence-corrected chi connectivity index (χ1v) is 9.73. The molecular formula is C22H24N6. The highest BCUT2D eigenvalue weighted by Crippen LogP contribution is 2.33. The van der Waals surface area contributed by atoms with E-state index in [1.165, 1.54) is 22.4 Å². The molecule has 0 saturated heterocycles. The standard InChI is InChI=1S/C22H24N6/c1-3-27-13-17(11-23-27)12-26-14-18-15-28(19-7-5-4-6-8-19)24-22(18)20-9-10-25(2)21(20)16-26/h4-11,13,15H,3,12,14,16H2,1-2H3. The highest BCUT2D eigenvalue weighted by molar-refractivity contribution is 5.67. The van der Waals surface area contributed by atoms with Crippen molar-refractivity contribution in [2.24, 2.45) is 7.05 Å². The fourth-order valence-electron chi connectivity index (χ4n) is 3.98. The molecule has 0 aliphatic carbocycles. The van der Waals surface area contributed by atoms with Gasteiger partial charge in [0, 0.05) is 74.2 Å². The average Bonchev–Trinajstić information content (AvgIpc) is 3.41. The maximum absolute atomic E-state index is 4.95. The van der Waals surface area contributed by atoms with Gasteiger partial charge in [-0.2, -0.15) is 10.2 Å². The maximum Gasteiger partial charge on any atom is 0.0991 e. The van der Waals surface area contributed by atoms with E-state index in [-0.39, 0.29) is 0 Å². The van der Waals surface area contributed by atoms with Crippen LogP contribution in [0, 0.1) is 0 Å². The summed E-state index contributed by atoms with van der Waals surface area (Å²) in [5, 5.41) is 9.39. The second-order valence-corrected chi connectivity index (χ2v) is 7.42. The Bertz CT molecular complexity index is 1100. The second-order valence-electron chi connectivity index (χ2n) is 7.42. The van der Waals surface area contributed by atoms with E-state index >= 15 is 0 Å². The van der Waals surface area contributed by atoms with Gasteiger partial charge in [0.2, 0.25) is 0 Å². The molecule has 6 nitrogen and oxygen atoms in total. The molecule has 1 aromatic carbocycles. The first-order valence-electron chi connectivity index (χ1n) is 9.73. The van der Waals surface area contributed by atoms with Crippen molar-refractivity contribution in [1.29, 1.82) is 0 Å². The molecule has 0 unspecified atom stereocenters. The van der Waals surface area contributed by atoms with Crippen LogP contribution in [-0.4, -0.2) is 29.0 Å². The third-order valence-electron chi connectivity index (χ3n) is 5.45. The molecule has 142 valence electrons. The zero-order chi connectivity index (χ0) is 19.1. The molecule has 0 fully saturated rings. The van der Waals surface area contributed by atoms with E-state index in [1.54, 1.807) is 0 Å². The normalized spacial score (nSPS) is 13.9. The minimum atomic E-state index is 0.869. The molecule has 1 aliphatic heterocycles. The van der Waals surface area contributed by atoms with Gasteiger partial charge in [0.15, 0.2) is 0 Å². The van der Waals surface area contributed by atoms with Crippen LogP contribution in [0.3, 0.4) is 0 Å². The van der Waals surface area contributed by atoms with Gasteiger partial charge >= 0.3 is 0 Å². The number of para-hydroxylation sites is 1. The lowest BCUT2D eigenvalue weighted by Gasteiger charge is -2.20. The lowest BCUT2D eigenvalue weighted by atomic mass is 10.1. The number of fused-ring (bicyclic) bond motifs is 3. The van der Waals surface area contributed by atoms with Gasteiger partial charge in [0.05, 0.1) is 17.6 Å². The zero-order valence-electron chi connectivity index (χ0n) is 16.3. The molecule has 4 aromatic rings. The highest BCUT2D eigenvalue weighted by Gasteiger charge is 2.25. The molecule has 4 heterocycles. The Kier molecular flexibility index (Phi) is 4.13. The minimum Gasteiger partial charge on any atom is -0.353 e. The first kappa shape index (κ1) is 17.0. The van der Waals surface area contributed by atoms with Crippen LogP contribution in [0.5, 0.6) is 0 Å². The minimum absolute atomic E-state index is 0.869. The highest BCUT2D eigenvalue weighted by atomic mass is 15.3. The second kappa shape index (κ2) is 6.80. The number of aryl methyl sites for hydroxylation is 2. The van der Waals surface area contributed by atoms with Crippen LogP contribution in [0.4, 0.5) is 0 Å². The molecule has 1 aliphatic rings. The van der Waals surface area contributed by atoms with Crippen LogP contribution >= 0.6 is 0 Å². The first-order chi connectivity index (χ1) is 13.7. The lowest BCUT2D eigenvalue weighted by Crippen LogP contribution is -2.22. The van der Waals surface area contributed by atoms with Crippen LogP contribution in [0.25, 0.3) is 16.9 Å². The van der Waals surface area contributed by atoms with Crippen molar-refractivity contribution < 1.29 is 0 Å². The summed E-state index contributed by atoms with van der Waals surface area (Å²) >= 11 is 0. The van der Waals surface area contributed by atoms with Gasteiger partial charge in [-0.25, -0.2) is 4.68 Å². The SMILES string of the molecule is CCn1cc(CN2Cc3cn(-c4ccccc4)nc3-c3ccn(C)c3C2)cn1. The molecular weight excluding hydrogens is 348 g/mol. The van der Waals surface area contributed by atoms with Gasteiger partial charge in [0.25, 0.3) is 0 Å². The molecule has 3 aromatic heterocycles. The molecule has 0 saturated carbocycles. The van der Waals surface area contributed by atoms with Gasteiger partial charge in [-0.05, 0) is 25.1 Å². The van der Waals surface area contributed by atoms with Crippen molar-refractivity contribution in [3.8, 4) is 16.9 Å². The Balaban J connectivity index is 1.54. The smallest absolute Gasteiger partial charge is 0.0991 e. The van der Waals surface area contributed by atoms with E-state index in [1.807, 2.05) is 33.8 Å². The summed E-state index contributed by atoms with van der Waals surface area (Å²) in [5.74, 6) is 0. The van der Waals surface area contributed by atoms with Gasteiger partial charge in [-0.15, -0.1) is 0 Å². The largest absolute Gasteiger partial charge is 0.353 e. The van der Waals surface area contributed by atoms with E-state index in [9.17, 15) is 0 Å². The third kappa shape index (κ3) is 2.96. The fourth-order valence-corrected chi connectivity index (χ4v) is 3.98. The average molecular weight is 372 g/mol. The summed E-state index contributed by atoms with van der Waals surface area (Å²) in [4.78, 5) is 2.47. The monoisotopic (exact) mass is 372 g/mol. The Labute approximate surface area is 164 Å². The van der Waals surface area contributed by atoms with Gasteiger partial charge in [-0.3, -0.25) is 9.58 Å². The van der Waals surface area contributed by atoms with Gasteiger partial charge in [0.1, 0.15) is 0 Å². The Hall–Kier alpha value is -3.12. The Morgan fingerprint density at radius 1 is 1.04 bits per heavy atom. The van der Waals surface area contributed by atoms with Crippen molar-refractivity contribution in [2.45, 2.75) is 33.1 Å². The summed E-state index contributed by atoms with van der Waals surface area (Å²) in [6.07, 6.45) is 8.43.